The molecule has 0 aliphatic carbocycles. The van der Waals surface area contributed by atoms with Crippen molar-refractivity contribution >= 4 is 29.3 Å². The van der Waals surface area contributed by atoms with Crippen molar-refractivity contribution in [2.24, 2.45) is 0 Å². The summed E-state index contributed by atoms with van der Waals surface area (Å²) in [6.07, 6.45) is 0.382. The molecule has 2 aliphatic rings. The van der Waals surface area contributed by atoms with Gasteiger partial charge in [0.2, 0.25) is 5.91 Å². The van der Waals surface area contributed by atoms with Crippen molar-refractivity contribution in [3.05, 3.63) is 40.9 Å². The number of ether oxygens (including phenoxy) is 1. The molecule has 0 unspecified atom stereocenters. The average molecular weight is 343 g/mol. The summed E-state index contributed by atoms with van der Waals surface area (Å²) in [5.74, 6) is 0.135. The second kappa shape index (κ2) is 7.51. The van der Waals surface area contributed by atoms with Crippen LogP contribution in [-0.4, -0.2) is 48.8 Å². The number of benzene rings is 1. The lowest BCUT2D eigenvalue weighted by molar-refractivity contribution is -0.130. The monoisotopic (exact) mass is 343 g/mol. The van der Waals surface area contributed by atoms with E-state index in [1.54, 1.807) is 17.0 Å². The molecule has 0 bridgehead atoms. The van der Waals surface area contributed by atoms with Crippen LogP contribution in [0.4, 0.5) is 5.69 Å². The van der Waals surface area contributed by atoms with Gasteiger partial charge in [0, 0.05) is 31.0 Å². The number of carbonyl (C=O) groups excluding carboxylic acids is 2. The zero-order chi connectivity index (χ0) is 16.9. The Morgan fingerprint density at radius 1 is 1.21 bits per heavy atom. The molecule has 0 radical (unpaired) electrons. The number of hydrogen-bond acceptors (Lipinski definition) is 5. The molecule has 7 heteroatoms. The number of thioether (sulfide) groups is 1. The number of morpholine rings is 1. The van der Waals surface area contributed by atoms with E-state index in [4.69, 9.17) is 4.74 Å². The fraction of sp³-hybridized carbons (Fsp3) is 0.353. The Hall–Kier alpha value is -2.30. The third-order valence-electron chi connectivity index (χ3n) is 3.86. The average Bonchev–Trinajstić information content (AvgIpc) is 2.64. The predicted molar refractivity (Wildman–Crippen MR) is 91.0 cm³/mol. The van der Waals surface area contributed by atoms with Crippen LogP contribution in [0.3, 0.4) is 0 Å². The van der Waals surface area contributed by atoms with Crippen LogP contribution in [-0.2, 0) is 14.3 Å². The number of nitriles is 1. The van der Waals surface area contributed by atoms with E-state index >= 15 is 0 Å². The number of hydrogen-bond donors (Lipinski definition) is 0. The van der Waals surface area contributed by atoms with E-state index in [0.717, 1.165) is 0 Å². The van der Waals surface area contributed by atoms with E-state index in [2.05, 4.69) is 0 Å². The largest absolute Gasteiger partial charge is 0.378 e. The van der Waals surface area contributed by atoms with E-state index < -0.39 is 0 Å². The fourth-order valence-electron chi connectivity index (χ4n) is 2.66. The van der Waals surface area contributed by atoms with Crippen molar-refractivity contribution in [1.82, 2.24) is 4.90 Å². The molecule has 2 amide bonds. The SMILES string of the molecule is N#C/C(C(=O)N1CCOCC1)=C1\SCCC(=O)N1c1ccccc1. The number of amides is 2. The van der Waals surface area contributed by atoms with Gasteiger partial charge in [-0.3, -0.25) is 14.5 Å². The Kier molecular flexibility index (Phi) is 5.18. The van der Waals surface area contributed by atoms with Gasteiger partial charge in [-0.05, 0) is 12.1 Å². The van der Waals surface area contributed by atoms with Crippen molar-refractivity contribution in [2.45, 2.75) is 6.42 Å². The zero-order valence-electron chi connectivity index (χ0n) is 13.1. The van der Waals surface area contributed by atoms with Crippen LogP contribution in [0.2, 0.25) is 0 Å². The fourth-order valence-corrected chi connectivity index (χ4v) is 3.74. The summed E-state index contributed by atoms with van der Waals surface area (Å²) in [6, 6.07) is 11.1. The second-order valence-electron chi connectivity index (χ2n) is 5.36. The van der Waals surface area contributed by atoms with Crippen LogP contribution < -0.4 is 4.90 Å². The van der Waals surface area contributed by atoms with Gasteiger partial charge in [0.05, 0.1) is 13.2 Å². The van der Waals surface area contributed by atoms with E-state index in [1.807, 2.05) is 24.3 Å². The first-order chi connectivity index (χ1) is 11.7. The van der Waals surface area contributed by atoms with Gasteiger partial charge in [0.25, 0.3) is 5.91 Å². The molecule has 2 fully saturated rings. The molecule has 6 nitrogen and oxygen atoms in total. The maximum absolute atomic E-state index is 12.8. The van der Waals surface area contributed by atoms with Gasteiger partial charge in [-0.15, -0.1) is 11.8 Å². The minimum atomic E-state index is -0.334. The van der Waals surface area contributed by atoms with Crippen molar-refractivity contribution < 1.29 is 14.3 Å². The van der Waals surface area contributed by atoms with Gasteiger partial charge >= 0.3 is 0 Å². The highest BCUT2D eigenvalue weighted by molar-refractivity contribution is 8.03. The van der Waals surface area contributed by atoms with Crippen molar-refractivity contribution in [3.8, 4) is 6.07 Å². The first-order valence-electron chi connectivity index (χ1n) is 7.74. The highest BCUT2D eigenvalue weighted by Crippen LogP contribution is 2.35. The first kappa shape index (κ1) is 16.6. The normalized spacial score (nSPS) is 20.5. The quantitative estimate of drug-likeness (QED) is 0.604. The molecule has 0 spiro atoms. The molecule has 0 atom stereocenters. The summed E-state index contributed by atoms with van der Waals surface area (Å²) in [5.41, 5.74) is 0.700. The number of carbonyl (C=O) groups is 2. The van der Waals surface area contributed by atoms with Crippen LogP contribution in [0.5, 0.6) is 0 Å². The Bertz CT molecular complexity index is 706. The summed E-state index contributed by atoms with van der Waals surface area (Å²) >= 11 is 1.38. The van der Waals surface area contributed by atoms with Crippen LogP contribution in [0.25, 0.3) is 0 Å². The molecule has 124 valence electrons. The third kappa shape index (κ3) is 3.30. The number of anilines is 1. The smallest absolute Gasteiger partial charge is 0.267 e. The lowest BCUT2D eigenvalue weighted by atomic mass is 10.2. The van der Waals surface area contributed by atoms with E-state index in [-0.39, 0.29) is 17.4 Å². The Labute approximate surface area is 144 Å². The number of para-hydroxylation sites is 1. The lowest BCUT2D eigenvalue weighted by Crippen LogP contribution is -2.43. The first-order valence-corrected chi connectivity index (χ1v) is 8.73. The van der Waals surface area contributed by atoms with Gasteiger partial charge in [0.1, 0.15) is 16.7 Å². The molecule has 0 aromatic heterocycles. The lowest BCUT2D eigenvalue weighted by Gasteiger charge is -2.32. The van der Waals surface area contributed by atoms with Crippen molar-refractivity contribution in [2.75, 3.05) is 37.0 Å². The Morgan fingerprint density at radius 3 is 2.58 bits per heavy atom. The van der Waals surface area contributed by atoms with Crippen LogP contribution in [0.15, 0.2) is 40.9 Å². The van der Waals surface area contributed by atoms with Gasteiger partial charge in [-0.25, -0.2) is 0 Å². The Morgan fingerprint density at radius 2 is 1.92 bits per heavy atom. The summed E-state index contributed by atoms with van der Waals surface area (Å²) < 4.78 is 5.25. The summed E-state index contributed by atoms with van der Waals surface area (Å²) in [7, 11) is 0. The number of nitrogens with zero attached hydrogens (tertiary/aromatic N) is 3. The summed E-state index contributed by atoms with van der Waals surface area (Å²) in [4.78, 5) is 28.3. The van der Waals surface area contributed by atoms with Crippen molar-refractivity contribution in [1.29, 1.82) is 5.26 Å². The van der Waals surface area contributed by atoms with Gasteiger partial charge in [0.15, 0.2) is 0 Å². The molecule has 0 saturated carbocycles. The van der Waals surface area contributed by atoms with E-state index in [1.165, 1.54) is 16.7 Å². The minimum Gasteiger partial charge on any atom is -0.378 e. The van der Waals surface area contributed by atoms with Gasteiger partial charge in [-0.1, -0.05) is 18.2 Å². The maximum Gasteiger partial charge on any atom is 0.267 e. The molecule has 3 rings (SSSR count). The molecular formula is C17H17N3O3S. The third-order valence-corrected chi connectivity index (χ3v) is 4.93. The summed E-state index contributed by atoms with van der Waals surface area (Å²) in [5, 5.41) is 10.0. The van der Waals surface area contributed by atoms with Gasteiger partial charge < -0.3 is 9.64 Å². The van der Waals surface area contributed by atoms with Gasteiger partial charge in [-0.2, -0.15) is 5.26 Å². The highest BCUT2D eigenvalue weighted by Gasteiger charge is 2.32. The maximum atomic E-state index is 12.8. The minimum absolute atomic E-state index is 0.0267. The molecule has 2 aliphatic heterocycles. The van der Waals surface area contributed by atoms with Crippen LogP contribution in [0, 0.1) is 11.3 Å². The summed E-state index contributed by atoms with van der Waals surface area (Å²) in [6.45, 7) is 1.85. The topological polar surface area (TPSA) is 73.6 Å². The molecule has 1 aromatic carbocycles. The van der Waals surface area contributed by atoms with E-state index in [0.29, 0.717) is 49.2 Å². The molecule has 1 aromatic rings. The highest BCUT2D eigenvalue weighted by atomic mass is 32.2. The van der Waals surface area contributed by atoms with Crippen LogP contribution >= 0.6 is 11.8 Å². The van der Waals surface area contributed by atoms with E-state index in [9.17, 15) is 14.9 Å². The zero-order valence-corrected chi connectivity index (χ0v) is 13.9. The Balaban J connectivity index is 2.00. The van der Waals surface area contributed by atoms with Crippen LogP contribution in [0.1, 0.15) is 6.42 Å². The molecule has 2 heterocycles. The second-order valence-corrected chi connectivity index (χ2v) is 6.44. The van der Waals surface area contributed by atoms with Crippen molar-refractivity contribution in [3.63, 3.8) is 0 Å². The standard InChI is InChI=1S/C17H17N3O3S/c18-12-14(16(22)19-7-9-23-10-8-19)17-20(15(21)6-11-24-17)13-4-2-1-3-5-13/h1-5H,6-11H2/b17-14+. The molecular weight excluding hydrogens is 326 g/mol. The molecule has 24 heavy (non-hydrogen) atoms. The molecule has 0 N–H and O–H groups in total. The number of rotatable bonds is 2. The molecule has 2 saturated heterocycles. The predicted octanol–water partition coefficient (Wildman–Crippen LogP) is 1.75.